The summed E-state index contributed by atoms with van der Waals surface area (Å²) in [7, 11) is 0. The molecule has 0 spiro atoms. The molecule has 8 nitrogen and oxygen atoms in total. The molecular weight excluding hydrogens is 496 g/mol. The Morgan fingerprint density at radius 3 is 2.10 bits per heavy atom. The lowest BCUT2D eigenvalue weighted by atomic mass is 9.98. The summed E-state index contributed by atoms with van der Waals surface area (Å²) in [5.74, 6) is -1.45. The molecule has 0 unspecified atom stereocenters. The first kappa shape index (κ1) is 27.9. The molecule has 3 aromatic carbocycles. The summed E-state index contributed by atoms with van der Waals surface area (Å²) in [6.45, 7) is 7.66. The number of aliphatic carboxylic acids is 1. The van der Waals surface area contributed by atoms with E-state index in [0.717, 1.165) is 33.4 Å². The summed E-state index contributed by atoms with van der Waals surface area (Å²) < 4.78 is 11.0. The van der Waals surface area contributed by atoms with E-state index in [1.807, 2.05) is 31.2 Å². The smallest absolute Gasteiger partial charge is 0.411 e. The van der Waals surface area contributed by atoms with Crippen molar-refractivity contribution >= 4 is 23.7 Å². The van der Waals surface area contributed by atoms with Crippen molar-refractivity contribution < 1.29 is 29.0 Å². The highest BCUT2D eigenvalue weighted by atomic mass is 16.6. The maximum Gasteiger partial charge on any atom is 0.411 e. The Bertz CT molecular complexity index is 1350. The molecule has 0 saturated carbocycles. The van der Waals surface area contributed by atoms with Gasteiger partial charge in [0.25, 0.3) is 0 Å². The van der Waals surface area contributed by atoms with Gasteiger partial charge in [0, 0.05) is 18.2 Å². The van der Waals surface area contributed by atoms with Crippen molar-refractivity contribution in [3.05, 3.63) is 88.5 Å². The molecule has 0 bridgehead atoms. The molecule has 1 aliphatic rings. The van der Waals surface area contributed by atoms with Crippen LogP contribution in [0.3, 0.4) is 0 Å². The van der Waals surface area contributed by atoms with Gasteiger partial charge in [0.2, 0.25) is 0 Å². The average Bonchev–Trinajstić information content (AvgIpc) is 3.17. The number of carbonyl (C=O) groups excluding carboxylic acids is 2. The third kappa shape index (κ3) is 7.03. The number of amides is 1. The van der Waals surface area contributed by atoms with Crippen LogP contribution in [0.25, 0.3) is 11.1 Å². The van der Waals surface area contributed by atoms with Gasteiger partial charge >= 0.3 is 18.0 Å². The van der Waals surface area contributed by atoms with Crippen LogP contribution in [0.1, 0.15) is 54.5 Å². The van der Waals surface area contributed by atoms with E-state index >= 15 is 0 Å². The molecule has 0 radical (unpaired) electrons. The Hall–Kier alpha value is -4.17. The van der Waals surface area contributed by atoms with Crippen LogP contribution in [0, 0.1) is 6.92 Å². The minimum Gasteiger partial charge on any atom is -0.481 e. The predicted octanol–water partition coefficient (Wildman–Crippen LogP) is 5.41. The molecule has 204 valence electrons. The molecular formula is C31H34N2O6. The van der Waals surface area contributed by atoms with E-state index in [1.54, 1.807) is 32.9 Å². The lowest BCUT2D eigenvalue weighted by molar-refractivity contribution is -0.153. The maximum atomic E-state index is 12.8. The third-order valence-electron chi connectivity index (χ3n) is 6.56. The molecule has 0 heterocycles. The summed E-state index contributed by atoms with van der Waals surface area (Å²) in [5, 5.41) is 15.2. The number of benzene rings is 3. The molecule has 0 aromatic heterocycles. The number of nitrogens with one attached hydrogen (secondary N) is 2. The zero-order valence-electron chi connectivity index (χ0n) is 22.7. The standard InChI is InChI=1S/C31H34N2O6/c1-19-20(15-28(34)35)13-22(14-21(19)16-32-17-29(36)39-31(2,3)4)33-30(37)38-18-27-25-11-7-5-9-23(25)24-10-6-8-12-26(24)27/h5-14,27,32H,15-18H2,1-4H3,(H,33,37)(H,34,35). The van der Waals surface area contributed by atoms with Gasteiger partial charge in [0.1, 0.15) is 12.2 Å². The highest BCUT2D eigenvalue weighted by molar-refractivity contribution is 5.86. The topological polar surface area (TPSA) is 114 Å². The van der Waals surface area contributed by atoms with E-state index in [9.17, 15) is 19.5 Å². The van der Waals surface area contributed by atoms with Crippen molar-refractivity contribution in [1.82, 2.24) is 5.32 Å². The molecule has 39 heavy (non-hydrogen) atoms. The van der Waals surface area contributed by atoms with Gasteiger partial charge in [-0.15, -0.1) is 0 Å². The maximum absolute atomic E-state index is 12.8. The molecule has 3 aromatic rings. The van der Waals surface area contributed by atoms with Crippen LogP contribution in [0.4, 0.5) is 10.5 Å². The normalized spacial score (nSPS) is 12.4. The number of anilines is 1. The average molecular weight is 531 g/mol. The monoisotopic (exact) mass is 530 g/mol. The summed E-state index contributed by atoms with van der Waals surface area (Å²) in [5.41, 5.74) is 6.43. The van der Waals surface area contributed by atoms with E-state index in [-0.39, 0.29) is 38.0 Å². The van der Waals surface area contributed by atoms with Gasteiger partial charge in [0.05, 0.1) is 13.0 Å². The summed E-state index contributed by atoms with van der Waals surface area (Å²) >= 11 is 0. The number of esters is 1. The van der Waals surface area contributed by atoms with Crippen LogP contribution in [0.15, 0.2) is 60.7 Å². The summed E-state index contributed by atoms with van der Waals surface area (Å²) in [6.07, 6.45) is -0.833. The van der Waals surface area contributed by atoms with Gasteiger partial charge in [-0.2, -0.15) is 0 Å². The molecule has 4 rings (SSSR count). The lowest BCUT2D eigenvalue weighted by Gasteiger charge is -2.20. The first-order valence-corrected chi connectivity index (χ1v) is 12.9. The van der Waals surface area contributed by atoms with E-state index in [2.05, 4.69) is 34.9 Å². The first-order chi connectivity index (χ1) is 18.5. The van der Waals surface area contributed by atoms with Crippen LogP contribution >= 0.6 is 0 Å². The molecule has 0 fully saturated rings. The third-order valence-corrected chi connectivity index (χ3v) is 6.56. The number of fused-ring (bicyclic) bond motifs is 3. The Morgan fingerprint density at radius 1 is 0.923 bits per heavy atom. The fraction of sp³-hybridized carbons (Fsp3) is 0.323. The Morgan fingerprint density at radius 2 is 1.51 bits per heavy atom. The molecule has 1 amide bonds. The van der Waals surface area contributed by atoms with Crippen molar-refractivity contribution in [3.8, 4) is 11.1 Å². The number of hydrogen-bond acceptors (Lipinski definition) is 6. The van der Waals surface area contributed by atoms with Crippen LogP contribution in [-0.2, 0) is 32.0 Å². The van der Waals surface area contributed by atoms with E-state index < -0.39 is 17.7 Å². The zero-order chi connectivity index (χ0) is 28.2. The van der Waals surface area contributed by atoms with Gasteiger partial charge in [-0.05, 0) is 78.8 Å². The molecule has 0 saturated heterocycles. The number of ether oxygens (including phenoxy) is 2. The van der Waals surface area contributed by atoms with Gasteiger partial charge in [-0.1, -0.05) is 48.5 Å². The second kappa shape index (κ2) is 11.7. The highest BCUT2D eigenvalue weighted by Gasteiger charge is 2.29. The number of carbonyl (C=O) groups is 3. The SMILES string of the molecule is Cc1c(CNCC(=O)OC(C)(C)C)cc(NC(=O)OCC2c3ccccc3-c3ccccc32)cc1CC(=O)O. The van der Waals surface area contributed by atoms with Gasteiger partial charge in [0.15, 0.2) is 0 Å². The quantitative estimate of drug-likeness (QED) is 0.317. The first-order valence-electron chi connectivity index (χ1n) is 12.9. The summed E-state index contributed by atoms with van der Waals surface area (Å²) in [4.78, 5) is 36.4. The fourth-order valence-corrected chi connectivity index (χ4v) is 4.87. The van der Waals surface area contributed by atoms with Crippen molar-refractivity contribution in [2.75, 3.05) is 18.5 Å². The van der Waals surface area contributed by atoms with Crippen LogP contribution < -0.4 is 10.6 Å². The van der Waals surface area contributed by atoms with Crippen LogP contribution in [0.5, 0.6) is 0 Å². The van der Waals surface area contributed by atoms with Crippen LogP contribution in [-0.4, -0.2) is 41.9 Å². The van der Waals surface area contributed by atoms with Crippen molar-refractivity contribution in [2.24, 2.45) is 0 Å². The Labute approximate surface area is 228 Å². The summed E-state index contributed by atoms with van der Waals surface area (Å²) in [6, 6.07) is 19.6. The van der Waals surface area contributed by atoms with E-state index in [1.165, 1.54) is 0 Å². The molecule has 1 aliphatic carbocycles. The Kier molecular flexibility index (Phi) is 8.35. The zero-order valence-corrected chi connectivity index (χ0v) is 22.7. The minimum absolute atomic E-state index is 0.00495. The van der Waals surface area contributed by atoms with E-state index in [4.69, 9.17) is 9.47 Å². The number of hydrogen-bond donors (Lipinski definition) is 3. The van der Waals surface area contributed by atoms with Crippen molar-refractivity contribution in [2.45, 2.75) is 52.2 Å². The predicted molar refractivity (Wildman–Crippen MR) is 149 cm³/mol. The fourth-order valence-electron chi connectivity index (χ4n) is 4.87. The second-order valence-corrected chi connectivity index (χ2v) is 10.6. The van der Waals surface area contributed by atoms with Crippen LogP contribution in [0.2, 0.25) is 0 Å². The molecule has 0 aliphatic heterocycles. The molecule has 3 N–H and O–H groups in total. The van der Waals surface area contributed by atoms with Gasteiger partial charge in [-0.3, -0.25) is 14.9 Å². The molecule has 8 heteroatoms. The Balaban J connectivity index is 1.44. The minimum atomic E-state index is -0.982. The largest absolute Gasteiger partial charge is 0.481 e. The number of carboxylic acid groups (broad SMARTS) is 1. The highest BCUT2D eigenvalue weighted by Crippen LogP contribution is 2.44. The second-order valence-electron chi connectivity index (χ2n) is 10.6. The van der Waals surface area contributed by atoms with Crippen molar-refractivity contribution in [3.63, 3.8) is 0 Å². The lowest BCUT2D eigenvalue weighted by Crippen LogP contribution is -2.31. The van der Waals surface area contributed by atoms with E-state index in [0.29, 0.717) is 11.3 Å². The number of rotatable bonds is 9. The molecule has 0 atom stereocenters. The van der Waals surface area contributed by atoms with Gasteiger partial charge < -0.3 is 19.9 Å². The number of carboxylic acids is 1. The van der Waals surface area contributed by atoms with Gasteiger partial charge in [-0.25, -0.2) is 4.79 Å². The van der Waals surface area contributed by atoms with Crippen molar-refractivity contribution in [1.29, 1.82) is 0 Å².